The molecule has 28 heavy (non-hydrogen) atoms. The minimum atomic E-state index is 0. The molecule has 3 N–H and O–H groups in total. The van der Waals surface area contributed by atoms with Crippen LogP contribution in [0.4, 0.5) is 5.69 Å². The molecule has 0 aliphatic carbocycles. The Morgan fingerprint density at radius 3 is 2.43 bits per heavy atom. The molecule has 0 aliphatic rings. The zero-order valence-electron chi connectivity index (χ0n) is 16.3. The summed E-state index contributed by atoms with van der Waals surface area (Å²) >= 11 is 0. The number of nitrogens with one attached hydrogen (secondary N) is 1. The van der Waals surface area contributed by atoms with Gasteiger partial charge in [0.25, 0.3) is 0 Å². The van der Waals surface area contributed by atoms with Crippen LogP contribution in [0.2, 0.25) is 0 Å². The number of nitrogens with two attached hydrogens (primary N) is 1. The van der Waals surface area contributed by atoms with Gasteiger partial charge in [-0.2, -0.15) is 5.10 Å². The van der Waals surface area contributed by atoms with Crippen molar-refractivity contribution in [3.8, 4) is 5.75 Å². The predicted molar refractivity (Wildman–Crippen MR) is 125 cm³/mol. The first-order valence-corrected chi connectivity index (χ1v) is 8.84. The molecule has 7 heteroatoms. The van der Waals surface area contributed by atoms with Crippen molar-refractivity contribution in [3.05, 3.63) is 77.1 Å². The molecule has 0 fully saturated rings. The standard InChI is InChI=1S/C21H25N5O.HI/c1-15-20(16(2)26(25-15)14-17-7-5-4-6-8-17)13-23-21(22)24-18-9-11-19(27-3)12-10-18;/h4-12H,13-14H2,1-3H3,(H3,22,23,24);1H. The summed E-state index contributed by atoms with van der Waals surface area (Å²) in [5.41, 5.74) is 11.3. The van der Waals surface area contributed by atoms with E-state index in [9.17, 15) is 0 Å². The second-order valence-electron chi connectivity index (χ2n) is 6.35. The van der Waals surface area contributed by atoms with E-state index < -0.39 is 0 Å². The number of rotatable bonds is 6. The molecule has 2 aromatic carbocycles. The van der Waals surface area contributed by atoms with Gasteiger partial charge in [-0.05, 0) is 43.7 Å². The van der Waals surface area contributed by atoms with Crippen LogP contribution in [0.1, 0.15) is 22.5 Å². The first-order chi connectivity index (χ1) is 13.1. The molecule has 1 heterocycles. The maximum Gasteiger partial charge on any atom is 0.193 e. The number of guanidine groups is 1. The molecule has 0 radical (unpaired) electrons. The molecule has 0 unspecified atom stereocenters. The molecular weight excluding hydrogens is 465 g/mol. The van der Waals surface area contributed by atoms with Crippen LogP contribution in [0.15, 0.2) is 59.6 Å². The average molecular weight is 491 g/mol. The molecule has 0 amide bonds. The van der Waals surface area contributed by atoms with Crippen LogP contribution in [0, 0.1) is 13.8 Å². The second-order valence-corrected chi connectivity index (χ2v) is 6.35. The van der Waals surface area contributed by atoms with Crippen molar-refractivity contribution < 1.29 is 4.74 Å². The van der Waals surface area contributed by atoms with Crippen molar-refractivity contribution >= 4 is 35.6 Å². The van der Waals surface area contributed by atoms with E-state index in [4.69, 9.17) is 10.5 Å². The number of nitrogens with zero attached hydrogens (tertiary/aromatic N) is 3. The monoisotopic (exact) mass is 491 g/mol. The Hall–Kier alpha value is -2.55. The van der Waals surface area contributed by atoms with Crippen LogP contribution in [-0.2, 0) is 13.1 Å². The zero-order chi connectivity index (χ0) is 19.2. The quantitative estimate of drug-likeness (QED) is 0.309. The van der Waals surface area contributed by atoms with Crippen molar-refractivity contribution in [2.24, 2.45) is 10.7 Å². The van der Waals surface area contributed by atoms with Gasteiger partial charge in [-0.1, -0.05) is 30.3 Å². The SMILES string of the molecule is COc1ccc(NC(N)=NCc2c(C)nn(Cc3ccccc3)c2C)cc1.I. The van der Waals surface area contributed by atoms with Gasteiger partial charge in [0.2, 0.25) is 0 Å². The number of hydrogen-bond donors (Lipinski definition) is 2. The number of aromatic nitrogens is 2. The van der Waals surface area contributed by atoms with E-state index >= 15 is 0 Å². The maximum absolute atomic E-state index is 6.04. The van der Waals surface area contributed by atoms with Gasteiger partial charge in [0.15, 0.2) is 5.96 Å². The van der Waals surface area contributed by atoms with Crippen LogP contribution in [0.5, 0.6) is 5.75 Å². The Kier molecular flexibility index (Phi) is 7.86. The lowest BCUT2D eigenvalue weighted by Gasteiger charge is -2.07. The summed E-state index contributed by atoms with van der Waals surface area (Å²) in [6.45, 7) is 5.31. The molecule has 0 saturated carbocycles. The van der Waals surface area contributed by atoms with E-state index in [2.05, 4.69) is 34.5 Å². The highest BCUT2D eigenvalue weighted by Gasteiger charge is 2.11. The summed E-state index contributed by atoms with van der Waals surface area (Å²) in [5, 5.41) is 7.75. The summed E-state index contributed by atoms with van der Waals surface area (Å²) in [7, 11) is 1.64. The van der Waals surface area contributed by atoms with E-state index in [0.717, 1.165) is 34.9 Å². The van der Waals surface area contributed by atoms with Crippen molar-refractivity contribution in [1.82, 2.24) is 9.78 Å². The fourth-order valence-corrected chi connectivity index (χ4v) is 2.90. The Morgan fingerprint density at radius 2 is 1.79 bits per heavy atom. The minimum absolute atomic E-state index is 0. The normalized spacial score (nSPS) is 11.0. The van der Waals surface area contributed by atoms with E-state index in [1.54, 1.807) is 7.11 Å². The Balaban J connectivity index is 0.00000280. The highest BCUT2D eigenvalue weighted by Crippen LogP contribution is 2.17. The second kappa shape index (κ2) is 10.1. The summed E-state index contributed by atoms with van der Waals surface area (Å²) < 4.78 is 7.17. The number of anilines is 1. The van der Waals surface area contributed by atoms with Crippen LogP contribution in [0.3, 0.4) is 0 Å². The first-order valence-electron chi connectivity index (χ1n) is 8.84. The van der Waals surface area contributed by atoms with E-state index in [1.165, 1.54) is 5.56 Å². The zero-order valence-corrected chi connectivity index (χ0v) is 18.7. The molecule has 1 aromatic heterocycles. The number of hydrogen-bond acceptors (Lipinski definition) is 3. The van der Waals surface area contributed by atoms with Gasteiger partial charge in [0, 0.05) is 16.9 Å². The minimum Gasteiger partial charge on any atom is -0.497 e. The molecule has 148 valence electrons. The van der Waals surface area contributed by atoms with Gasteiger partial charge < -0.3 is 15.8 Å². The van der Waals surface area contributed by atoms with Gasteiger partial charge in [-0.25, -0.2) is 4.99 Å². The summed E-state index contributed by atoms with van der Waals surface area (Å²) in [6, 6.07) is 17.8. The lowest BCUT2D eigenvalue weighted by molar-refractivity contribution is 0.415. The summed E-state index contributed by atoms with van der Waals surface area (Å²) in [4.78, 5) is 4.47. The first kappa shape index (κ1) is 21.7. The highest BCUT2D eigenvalue weighted by atomic mass is 127. The van der Waals surface area contributed by atoms with Crippen LogP contribution >= 0.6 is 24.0 Å². The lowest BCUT2D eigenvalue weighted by Crippen LogP contribution is -2.22. The Bertz CT molecular complexity index is 920. The van der Waals surface area contributed by atoms with Gasteiger partial charge in [0.05, 0.1) is 25.9 Å². The van der Waals surface area contributed by atoms with E-state index in [1.807, 2.05) is 54.1 Å². The lowest BCUT2D eigenvalue weighted by atomic mass is 10.2. The fourth-order valence-electron chi connectivity index (χ4n) is 2.90. The average Bonchev–Trinajstić information content (AvgIpc) is 2.94. The third-order valence-electron chi connectivity index (χ3n) is 4.48. The Morgan fingerprint density at radius 1 is 1.11 bits per heavy atom. The molecule has 0 saturated heterocycles. The molecule has 0 atom stereocenters. The van der Waals surface area contributed by atoms with Gasteiger partial charge in [-0.3, -0.25) is 4.68 Å². The van der Waals surface area contributed by atoms with Crippen molar-refractivity contribution in [1.29, 1.82) is 0 Å². The summed E-state index contributed by atoms with van der Waals surface area (Å²) in [5.74, 6) is 1.17. The number of benzene rings is 2. The van der Waals surface area contributed by atoms with Crippen LogP contribution < -0.4 is 15.8 Å². The maximum atomic E-state index is 6.04. The van der Waals surface area contributed by atoms with Crippen molar-refractivity contribution in [3.63, 3.8) is 0 Å². The molecule has 0 spiro atoms. The van der Waals surface area contributed by atoms with Crippen LogP contribution in [-0.4, -0.2) is 22.8 Å². The number of methoxy groups -OCH3 is 1. The summed E-state index contributed by atoms with van der Waals surface area (Å²) in [6.07, 6.45) is 0. The largest absolute Gasteiger partial charge is 0.497 e. The number of aliphatic imine (C=N–C) groups is 1. The molecule has 0 aliphatic heterocycles. The third kappa shape index (κ3) is 5.48. The molecular formula is C21H26IN5O. The topological polar surface area (TPSA) is 77.5 Å². The molecule has 3 aromatic rings. The molecule has 0 bridgehead atoms. The van der Waals surface area contributed by atoms with Gasteiger partial charge in [-0.15, -0.1) is 24.0 Å². The highest BCUT2D eigenvalue weighted by molar-refractivity contribution is 14.0. The van der Waals surface area contributed by atoms with Gasteiger partial charge >= 0.3 is 0 Å². The molecule has 3 rings (SSSR count). The molecule has 6 nitrogen and oxygen atoms in total. The van der Waals surface area contributed by atoms with Crippen molar-refractivity contribution in [2.75, 3.05) is 12.4 Å². The number of aryl methyl sites for hydroxylation is 1. The number of ether oxygens (including phenoxy) is 1. The predicted octanol–water partition coefficient (Wildman–Crippen LogP) is 4.10. The number of halogens is 1. The fraction of sp³-hybridized carbons (Fsp3) is 0.238. The van der Waals surface area contributed by atoms with E-state index in [-0.39, 0.29) is 24.0 Å². The van der Waals surface area contributed by atoms with E-state index in [0.29, 0.717) is 12.5 Å². The van der Waals surface area contributed by atoms with Crippen molar-refractivity contribution in [2.45, 2.75) is 26.9 Å². The van der Waals surface area contributed by atoms with Crippen LogP contribution in [0.25, 0.3) is 0 Å². The third-order valence-corrected chi connectivity index (χ3v) is 4.48. The smallest absolute Gasteiger partial charge is 0.193 e. The Labute approximate surface area is 182 Å². The van der Waals surface area contributed by atoms with Gasteiger partial charge in [0.1, 0.15) is 5.75 Å².